The van der Waals surface area contributed by atoms with Crippen LogP contribution in [-0.4, -0.2) is 33.9 Å². The molecule has 0 bridgehead atoms. The second kappa shape index (κ2) is 9.19. The van der Waals surface area contributed by atoms with Crippen LogP contribution in [0.3, 0.4) is 0 Å². The fourth-order valence-electron chi connectivity index (χ4n) is 4.40. The molecule has 1 saturated carbocycles. The van der Waals surface area contributed by atoms with Gasteiger partial charge >= 0.3 is 5.97 Å². The number of nitrogens with zero attached hydrogens (tertiary/aromatic N) is 1. The summed E-state index contributed by atoms with van der Waals surface area (Å²) in [6, 6.07) is 18.8. The molecule has 3 aromatic carbocycles. The van der Waals surface area contributed by atoms with E-state index >= 15 is 0 Å². The predicted molar refractivity (Wildman–Crippen MR) is 134 cm³/mol. The molecule has 1 aliphatic carbocycles. The lowest BCUT2D eigenvalue weighted by Gasteiger charge is -2.30. The van der Waals surface area contributed by atoms with Crippen LogP contribution < -0.4 is 9.62 Å². The fraction of sp³-hybridized carbons (Fsp3) is 0.259. The van der Waals surface area contributed by atoms with Crippen LogP contribution >= 0.6 is 0 Å². The highest BCUT2D eigenvalue weighted by atomic mass is 32.2. The predicted octanol–water partition coefficient (Wildman–Crippen LogP) is 4.63. The molecule has 0 atom stereocenters. The van der Waals surface area contributed by atoms with Gasteiger partial charge in [0.15, 0.2) is 0 Å². The van der Waals surface area contributed by atoms with Crippen molar-refractivity contribution in [1.82, 2.24) is 0 Å². The van der Waals surface area contributed by atoms with Gasteiger partial charge < -0.3 is 9.64 Å². The van der Waals surface area contributed by atoms with Crippen molar-refractivity contribution in [2.24, 2.45) is 5.92 Å². The molecule has 0 aromatic heterocycles. The van der Waals surface area contributed by atoms with Crippen LogP contribution in [0.25, 0.3) is 11.1 Å². The number of nitrogens with one attached hydrogen (secondary N) is 1. The van der Waals surface area contributed by atoms with Gasteiger partial charge in [-0.1, -0.05) is 30.3 Å². The van der Waals surface area contributed by atoms with E-state index in [0.717, 1.165) is 48.1 Å². The minimum absolute atomic E-state index is 0.105. The zero-order chi connectivity index (χ0) is 24.6. The van der Waals surface area contributed by atoms with Crippen LogP contribution in [0.4, 0.5) is 11.4 Å². The van der Waals surface area contributed by atoms with Crippen LogP contribution in [-0.2, 0) is 26.0 Å². The molecule has 180 valence electrons. The number of sulfonamides is 1. The highest BCUT2D eigenvalue weighted by Gasteiger charge is 2.35. The third-order valence-corrected chi connectivity index (χ3v) is 7.83. The Hall–Kier alpha value is -3.65. The quantitative estimate of drug-likeness (QED) is 0.509. The molecular formula is C27H26N2O5S. The van der Waals surface area contributed by atoms with Crippen LogP contribution in [0.5, 0.6) is 0 Å². The smallest absolute Gasteiger partial charge is 0.337 e. The molecule has 1 aliphatic heterocycles. The monoisotopic (exact) mass is 490 g/mol. The molecule has 2 aliphatic rings. The van der Waals surface area contributed by atoms with Gasteiger partial charge in [0, 0.05) is 18.2 Å². The Bertz CT molecular complexity index is 1400. The molecule has 0 saturated heterocycles. The standard InChI is InChI=1S/C27H26N2O5S/c1-34-27(31)22-5-2-4-21(16-22)18-10-13-24(14-11-18)35(32,33)28-23-12-9-19-6-3-15-29(25(19)17-23)26(30)20-7-8-20/h2,4-5,9-14,16-17,20,28H,3,6-8,15H2,1H3. The van der Waals surface area contributed by atoms with E-state index in [9.17, 15) is 18.0 Å². The Labute approximate surface area is 204 Å². The molecule has 7 nitrogen and oxygen atoms in total. The zero-order valence-electron chi connectivity index (χ0n) is 19.4. The van der Waals surface area contributed by atoms with Gasteiger partial charge in [0.2, 0.25) is 5.91 Å². The number of aryl methyl sites for hydroxylation is 1. The van der Waals surface area contributed by atoms with Crippen molar-refractivity contribution in [2.75, 3.05) is 23.3 Å². The third-order valence-electron chi connectivity index (χ3n) is 6.43. The van der Waals surface area contributed by atoms with E-state index in [4.69, 9.17) is 4.74 Å². The summed E-state index contributed by atoms with van der Waals surface area (Å²) in [6.07, 6.45) is 3.64. The number of amides is 1. The number of hydrogen-bond donors (Lipinski definition) is 1. The molecule has 0 spiro atoms. The van der Waals surface area contributed by atoms with Crippen molar-refractivity contribution in [1.29, 1.82) is 0 Å². The van der Waals surface area contributed by atoms with E-state index < -0.39 is 16.0 Å². The number of esters is 1. The molecule has 3 aromatic rings. The maximum Gasteiger partial charge on any atom is 0.337 e. The van der Waals surface area contributed by atoms with Crippen LogP contribution in [0.2, 0.25) is 0 Å². The second-order valence-corrected chi connectivity index (χ2v) is 10.6. The van der Waals surface area contributed by atoms with Gasteiger partial charge in [-0.05, 0) is 78.8 Å². The van der Waals surface area contributed by atoms with E-state index in [1.54, 1.807) is 42.5 Å². The summed E-state index contributed by atoms with van der Waals surface area (Å²) in [5, 5.41) is 0. The van der Waals surface area contributed by atoms with E-state index in [-0.39, 0.29) is 16.7 Å². The van der Waals surface area contributed by atoms with E-state index in [0.29, 0.717) is 17.8 Å². The average molecular weight is 491 g/mol. The molecule has 35 heavy (non-hydrogen) atoms. The minimum atomic E-state index is -3.83. The highest BCUT2D eigenvalue weighted by molar-refractivity contribution is 7.92. The van der Waals surface area contributed by atoms with Crippen LogP contribution in [0.1, 0.15) is 35.2 Å². The molecule has 1 heterocycles. The van der Waals surface area contributed by atoms with Crippen molar-refractivity contribution in [2.45, 2.75) is 30.6 Å². The number of benzene rings is 3. The van der Waals surface area contributed by atoms with E-state index in [2.05, 4.69) is 4.72 Å². The topological polar surface area (TPSA) is 92.8 Å². The Balaban J connectivity index is 1.37. The SMILES string of the molecule is COC(=O)c1cccc(-c2ccc(S(=O)(=O)Nc3ccc4c(c3)N(C(=O)C3CC3)CCC4)cc2)c1. The van der Waals surface area contributed by atoms with Crippen molar-refractivity contribution in [3.8, 4) is 11.1 Å². The van der Waals surface area contributed by atoms with Gasteiger partial charge in [0.05, 0.1) is 23.3 Å². The second-order valence-electron chi connectivity index (χ2n) is 8.91. The molecule has 0 unspecified atom stereocenters. The van der Waals surface area contributed by atoms with Gasteiger partial charge in [-0.25, -0.2) is 13.2 Å². The number of carbonyl (C=O) groups excluding carboxylic acids is 2. The lowest BCUT2D eigenvalue weighted by atomic mass is 10.0. The molecule has 0 radical (unpaired) electrons. The first-order valence-corrected chi connectivity index (χ1v) is 13.1. The normalized spacial score (nSPS) is 15.3. The summed E-state index contributed by atoms with van der Waals surface area (Å²) in [7, 11) is -2.51. The lowest BCUT2D eigenvalue weighted by Crippen LogP contribution is -2.36. The van der Waals surface area contributed by atoms with E-state index in [1.807, 2.05) is 17.0 Å². The van der Waals surface area contributed by atoms with E-state index in [1.165, 1.54) is 19.2 Å². The van der Waals surface area contributed by atoms with Crippen molar-refractivity contribution < 1.29 is 22.7 Å². The van der Waals surface area contributed by atoms with Crippen molar-refractivity contribution in [3.63, 3.8) is 0 Å². The maximum atomic E-state index is 13.1. The number of hydrogen-bond acceptors (Lipinski definition) is 5. The lowest BCUT2D eigenvalue weighted by molar-refractivity contribution is -0.119. The number of ether oxygens (including phenoxy) is 1. The number of carbonyl (C=O) groups is 2. The van der Waals surface area contributed by atoms with Gasteiger partial charge in [-0.3, -0.25) is 9.52 Å². The molecular weight excluding hydrogens is 464 g/mol. The summed E-state index contributed by atoms with van der Waals surface area (Å²) in [5.74, 6) is -0.191. The summed E-state index contributed by atoms with van der Waals surface area (Å²) in [6.45, 7) is 0.664. The van der Waals surface area contributed by atoms with Gasteiger partial charge in [-0.2, -0.15) is 0 Å². The summed E-state index contributed by atoms with van der Waals surface area (Å²) < 4.78 is 33.6. The van der Waals surface area contributed by atoms with Gasteiger partial charge in [-0.15, -0.1) is 0 Å². The third kappa shape index (κ3) is 4.79. The number of rotatable bonds is 6. The first-order chi connectivity index (χ1) is 16.9. The van der Waals surface area contributed by atoms with Crippen molar-refractivity contribution >= 4 is 33.3 Å². The Morgan fingerprint density at radius 1 is 0.971 bits per heavy atom. The largest absolute Gasteiger partial charge is 0.465 e. The van der Waals surface area contributed by atoms with Gasteiger partial charge in [0.25, 0.3) is 10.0 Å². The van der Waals surface area contributed by atoms with Gasteiger partial charge in [0.1, 0.15) is 0 Å². The van der Waals surface area contributed by atoms with Crippen LogP contribution in [0.15, 0.2) is 71.6 Å². The summed E-state index contributed by atoms with van der Waals surface area (Å²) in [5.41, 5.74) is 4.26. The zero-order valence-corrected chi connectivity index (χ0v) is 20.2. The molecule has 1 N–H and O–H groups in total. The first kappa shape index (κ1) is 23.1. The molecule has 8 heteroatoms. The average Bonchev–Trinajstić information content (AvgIpc) is 3.73. The fourth-order valence-corrected chi connectivity index (χ4v) is 5.45. The maximum absolute atomic E-state index is 13.1. The minimum Gasteiger partial charge on any atom is -0.465 e. The summed E-state index contributed by atoms with van der Waals surface area (Å²) in [4.78, 5) is 26.5. The molecule has 5 rings (SSSR count). The number of anilines is 2. The Morgan fingerprint density at radius 2 is 1.74 bits per heavy atom. The Morgan fingerprint density at radius 3 is 2.46 bits per heavy atom. The summed E-state index contributed by atoms with van der Waals surface area (Å²) >= 11 is 0. The molecule has 1 amide bonds. The Kier molecular flexibility index (Phi) is 6.06. The number of fused-ring (bicyclic) bond motifs is 1. The highest BCUT2D eigenvalue weighted by Crippen LogP contribution is 2.37. The van der Waals surface area contributed by atoms with Crippen LogP contribution in [0, 0.1) is 5.92 Å². The first-order valence-electron chi connectivity index (χ1n) is 11.6. The molecule has 1 fully saturated rings. The van der Waals surface area contributed by atoms with Crippen molar-refractivity contribution in [3.05, 3.63) is 77.9 Å². The number of methoxy groups -OCH3 is 1.